The minimum Gasteiger partial charge on any atom is -0.480 e. The lowest BCUT2D eigenvalue weighted by atomic mass is 10.1. The molecule has 0 saturated carbocycles. The van der Waals surface area contributed by atoms with Crippen molar-refractivity contribution in [2.45, 2.75) is 32.9 Å². The molecule has 1 rings (SSSR count). The van der Waals surface area contributed by atoms with E-state index in [2.05, 4.69) is 10.3 Å². The summed E-state index contributed by atoms with van der Waals surface area (Å²) in [6.07, 6.45) is 2.50. The quantitative estimate of drug-likeness (QED) is 0.839. The molecule has 0 aliphatic rings. The fourth-order valence-corrected chi connectivity index (χ4v) is 1.58. The molecule has 1 aromatic heterocycles. The molecule has 6 heteroatoms. The predicted octanol–water partition coefficient (Wildman–Crippen LogP) is 1.26. The molecule has 0 bridgehead atoms. The van der Waals surface area contributed by atoms with E-state index >= 15 is 0 Å². The summed E-state index contributed by atoms with van der Waals surface area (Å²) in [6.45, 7) is 3.76. The molecule has 0 aromatic carbocycles. The number of aryl methyl sites for hydroxylation is 1. The lowest BCUT2D eigenvalue weighted by molar-refractivity contribution is -0.141. The minimum absolute atomic E-state index is 0.291. The van der Waals surface area contributed by atoms with Crippen LogP contribution in [-0.4, -0.2) is 40.1 Å². The monoisotopic (exact) mass is 265 g/mol. The van der Waals surface area contributed by atoms with Gasteiger partial charge >= 0.3 is 12.0 Å². The number of rotatable bonds is 5. The molecule has 1 aromatic rings. The third-order valence-electron chi connectivity index (χ3n) is 3.03. The Morgan fingerprint density at radius 3 is 2.79 bits per heavy atom. The molecule has 1 atom stereocenters. The Morgan fingerprint density at radius 1 is 1.53 bits per heavy atom. The first-order valence-corrected chi connectivity index (χ1v) is 6.13. The zero-order valence-electron chi connectivity index (χ0n) is 11.4. The van der Waals surface area contributed by atoms with Gasteiger partial charge in [0.1, 0.15) is 6.04 Å². The lowest BCUT2D eigenvalue weighted by Crippen LogP contribution is -2.45. The van der Waals surface area contributed by atoms with Crippen molar-refractivity contribution >= 4 is 12.0 Å². The third kappa shape index (κ3) is 3.94. The van der Waals surface area contributed by atoms with Crippen LogP contribution in [-0.2, 0) is 17.8 Å². The standard InChI is InChI=1S/C13H19N3O3/c1-4-10-6-5-7-14-11(10)8-15-13(19)16(3)9(2)12(17)18/h5-7,9H,4,8H2,1-3H3,(H,15,19)(H,17,18). The number of hydrogen-bond donors (Lipinski definition) is 2. The van der Waals surface area contributed by atoms with E-state index in [0.29, 0.717) is 6.54 Å². The van der Waals surface area contributed by atoms with E-state index in [1.165, 1.54) is 14.0 Å². The predicted molar refractivity (Wildman–Crippen MR) is 70.7 cm³/mol. The third-order valence-corrected chi connectivity index (χ3v) is 3.03. The van der Waals surface area contributed by atoms with Gasteiger partial charge in [0, 0.05) is 13.2 Å². The smallest absolute Gasteiger partial charge is 0.326 e. The minimum atomic E-state index is -1.04. The molecule has 1 heterocycles. The van der Waals surface area contributed by atoms with Crippen LogP contribution in [0.4, 0.5) is 4.79 Å². The molecule has 0 aliphatic carbocycles. The van der Waals surface area contributed by atoms with Gasteiger partial charge in [-0.05, 0) is 25.0 Å². The van der Waals surface area contributed by atoms with Crippen LogP contribution in [0.25, 0.3) is 0 Å². The van der Waals surface area contributed by atoms with Gasteiger partial charge in [0.05, 0.1) is 12.2 Å². The van der Waals surface area contributed by atoms with Crippen molar-refractivity contribution in [2.75, 3.05) is 7.05 Å². The van der Waals surface area contributed by atoms with Crippen molar-refractivity contribution in [2.24, 2.45) is 0 Å². The SMILES string of the molecule is CCc1cccnc1CNC(=O)N(C)C(C)C(=O)O. The molecule has 0 fully saturated rings. The van der Waals surface area contributed by atoms with Crippen LogP contribution in [0.3, 0.4) is 0 Å². The second-order valence-corrected chi connectivity index (χ2v) is 4.25. The summed E-state index contributed by atoms with van der Waals surface area (Å²) in [5, 5.41) is 11.5. The molecular weight excluding hydrogens is 246 g/mol. The first kappa shape index (κ1) is 14.9. The number of carbonyl (C=O) groups is 2. The Balaban J connectivity index is 2.61. The van der Waals surface area contributed by atoms with E-state index in [4.69, 9.17) is 5.11 Å². The maximum Gasteiger partial charge on any atom is 0.326 e. The molecule has 0 aliphatic heterocycles. The Morgan fingerprint density at radius 2 is 2.21 bits per heavy atom. The number of nitrogens with zero attached hydrogens (tertiary/aromatic N) is 2. The number of aromatic nitrogens is 1. The van der Waals surface area contributed by atoms with Crippen molar-refractivity contribution in [1.29, 1.82) is 0 Å². The summed E-state index contributed by atoms with van der Waals surface area (Å²) in [6, 6.07) is 2.51. The number of amides is 2. The Kier molecular flexibility index (Phi) is 5.29. The highest BCUT2D eigenvalue weighted by molar-refractivity contribution is 5.82. The van der Waals surface area contributed by atoms with Crippen LogP contribution in [0.15, 0.2) is 18.3 Å². The van der Waals surface area contributed by atoms with Gasteiger partial charge < -0.3 is 15.3 Å². The van der Waals surface area contributed by atoms with Gasteiger partial charge in [0.2, 0.25) is 0 Å². The highest BCUT2D eigenvalue weighted by Gasteiger charge is 2.21. The average Bonchev–Trinajstić information content (AvgIpc) is 2.43. The first-order chi connectivity index (χ1) is 8.97. The van der Waals surface area contributed by atoms with Gasteiger partial charge in [-0.25, -0.2) is 9.59 Å². The normalized spacial score (nSPS) is 11.7. The van der Waals surface area contributed by atoms with Gasteiger partial charge in [-0.15, -0.1) is 0 Å². The molecule has 0 spiro atoms. The first-order valence-electron chi connectivity index (χ1n) is 6.13. The lowest BCUT2D eigenvalue weighted by Gasteiger charge is -2.22. The van der Waals surface area contributed by atoms with Gasteiger partial charge in [0.15, 0.2) is 0 Å². The van der Waals surface area contributed by atoms with Crippen molar-refractivity contribution in [3.05, 3.63) is 29.6 Å². The van der Waals surface area contributed by atoms with Gasteiger partial charge in [-0.2, -0.15) is 0 Å². The van der Waals surface area contributed by atoms with Gasteiger partial charge in [-0.1, -0.05) is 13.0 Å². The number of carboxylic acids is 1. The van der Waals surface area contributed by atoms with Crippen molar-refractivity contribution in [3.63, 3.8) is 0 Å². The van der Waals surface area contributed by atoms with Crippen molar-refractivity contribution in [3.8, 4) is 0 Å². The van der Waals surface area contributed by atoms with Gasteiger partial charge in [-0.3, -0.25) is 4.98 Å². The molecule has 2 N–H and O–H groups in total. The van der Waals surface area contributed by atoms with Crippen LogP contribution >= 0.6 is 0 Å². The summed E-state index contributed by atoms with van der Waals surface area (Å²) in [4.78, 5) is 27.9. The summed E-state index contributed by atoms with van der Waals surface area (Å²) < 4.78 is 0. The summed E-state index contributed by atoms with van der Waals surface area (Å²) in [7, 11) is 1.45. The number of likely N-dealkylation sites (N-methyl/N-ethyl adjacent to an activating group) is 1. The fraction of sp³-hybridized carbons (Fsp3) is 0.462. The van der Waals surface area contributed by atoms with E-state index in [-0.39, 0.29) is 0 Å². The maximum atomic E-state index is 11.8. The Hall–Kier alpha value is -2.11. The molecule has 1 unspecified atom stereocenters. The topological polar surface area (TPSA) is 82.5 Å². The number of urea groups is 1. The van der Waals surface area contributed by atoms with Crippen LogP contribution in [0, 0.1) is 0 Å². The van der Waals surface area contributed by atoms with Crippen molar-refractivity contribution < 1.29 is 14.7 Å². The molecule has 2 amide bonds. The molecule has 0 radical (unpaired) electrons. The largest absolute Gasteiger partial charge is 0.480 e. The number of carboxylic acid groups (broad SMARTS) is 1. The van der Waals surface area contributed by atoms with E-state index in [0.717, 1.165) is 22.6 Å². The zero-order valence-corrected chi connectivity index (χ0v) is 11.4. The molecular formula is C13H19N3O3. The zero-order chi connectivity index (χ0) is 14.4. The molecule has 6 nitrogen and oxygen atoms in total. The highest BCUT2D eigenvalue weighted by Crippen LogP contribution is 2.06. The van der Waals surface area contributed by atoms with E-state index in [1.807, 2.05) is 19.1 Å². The Labute approximate surface area is 112 Å². The fourth-order valence-electron chi connectivity index (χ4n) is 1.58. The number of carbonyl (C=O) groups excluding carboxylic acids is 1. The van der Waals surface area contributed by atoms with Crippen molar-refractivity contribution in [1.82, 2.24) is 15.2 Å². The number of aliphatic carboxylic acids is 1. The van der Waals surface area contributed by atoms with E-state index in [1.54, 1.807) is 6.20 Å². The summed E-state index contributed by atoms with van der Waals surface area (Å²) in [5.41, 5.74) is 1.87. The summed E-state index contributed by atoms with van der Waals surface area (Å²) >= 11 is 0. The second kappa shape index (κ2) is 6.72. The highest BCUT2D eigenvalue weighted by atomic mass is 16.4. The van der Waals surface area contributed by atoms with Crippen LogP contribution < -0.4 is 5.32 Å². The number of pyridine rings is 1. The number of nitrogens with one attached hydrogen (secondary N) is 1. The van der Waals surface area contributed by atoms with Gasteiger partial charge in [0.25, 0.3) is 0 Å². The second-order valence-electron chi connectivity index (χ2n) is 4.25. The van der Waals surface area contributed by atoms with Crippen LogP contribution in [0.1, 0.15) is 25.1 Å². The average molecular weight is 265 g/mol. The molecule has 0 saturated heterocycles. The van der Waals surface area contributed by atoms with E-state index < -0.39 is 18.0 Å². The molecule has 19 heavy (non-hydrogen) atoms. The van der Waals surface area contributed by atoms with E-state index in [9.17, 15) is 9.59 Å². The molecule has 104 valence electrons. The van der Waals surface area contributed by atoms with Crippen LogP contribution in [0.5, 0.6) is 0 Å². The number of hydrogen-bond acceptors (Lipinski definition) is 3. The van der Waals surface area contributed by atoms with Crippen LogP contribution in [0.2, 0.25) is 0 Å². The summed E-state index contributed by atoms with van der Waals surface area (Å²) in [5.74, 6) is -1.04. The maximum absolute atomic E-state index is 11.8. The Bertz CT molecular complexity index is 462.